The maximum absolute atomic E-state index is 12.9. The van der Waals surface area contributed by atoms with Crippen molar-refractivity contribution in [1.29, 1.82) is 0 Å². The molecular weight excluding hydrogens is 420 g/mol. The molecule has 33 heavy (non-hydrogen) atoms. The van der Waals surface area contributed by atoms with E-state index < -0.39 is 0 Å². The molecule has 170 valence electrons. The first-order valence-corrected chi connectivity index (χ1v) is 11.1. The van der Waals surface area contributed by atoms with E-state index in [-0.39, 0.29) is 11.5 Å². The number of ether oxygens (including phenoxy) is 1. The first-order chi connectivity index (χ1) is 16.0. The molecule has 1 amide bonds. The predicted molar refractivity (Wildman–Crippen MR) is 125 cm³/mol. The number of rotatable bonds is 5. The van der Waals surface area contributed by atoms with E-state index >= 15 is 0 Å². The summed E-state index contributed by atoms with van der Waals surface area (Å²) in [6.45, 7) is 4.36. The Kier molecular flexibility index (Phi) is 5.63. The lowest BCUT2D eigenvalue weighted by Crippen LogP contribution is -2.40. The molecule has 0 spiro atoms. The number of carbonyl (C=O) groups excluding carboxylic acids is 1. The molecule has 3 aromatic rings. The van der Waals surface area contributed by atoms with Crippen molar-refractivity contribution >= 4 is 17.3 Å². The fourth-order valence-electron chi connectivity index (χ4n) is 4.01. The second-order valence-corrected chi connectivity index (χ2v) is 8.50. The summed E-state index contributed by atoms with van der Waals surface area (Å²) in [5.41, 5.74) is 4.68. The van der Waals surface area contributed by atoms with Crippen LogP contribution in [0.3, 0.4) is 0 Å². The van der Waals surface area contributed by atoms with E-state index in [1.54, 1.807) is 31.6 Å². The highest BCUT2D eigenvalue weighted by Gasteiger charge is 2.25. The summed E-state index contributed by atoms with van der Waals surface area (Å²) < 4.78 is 6.77. The molecule has 2 fully saturated rings. The van der Waals surface area contributed by atoms with Crippen LogP contribution in [0.15, 0.2) is 41.5 Å². The number of aryl methyl sites for hydroxylation is 2. The molecule has 2 aliphatic rings. The molecule has 3 aromatic heterocycles. The maximum atomic E-state index is 12.9. The zero-order valence-corrected chi connectivity index (χ0v) is 18.7. The summed E-state index contributed by atoms with van der Waals surface area (Å²) in [5.74, 6) is 0.264. The van der Waals surface area contributed by atoms with Gasteiger partial charge in [0, 0.05) is 54.8 Å². The Labute approximate surface area is 191 Å². The average Bonchev–Trinajstić information content (AvgIpc) is 3.68. The number of hydrogen-bond donors (Lipinski definition) is 1. The highest BCUT2D eigenvalue weighted by molar-refractivity contribution is 6.04. The van der Waals surface area contributed by atoms with Gasteiger partial charge in [0.15, 0.2) is 0 Å². The van der Waals surface area contributed by atoms with Gasteiger partial charge in [0.25, 0.3) is 11.5 Å². The second kappa shape index (κ2) is 8.74. The van der Waals surface area contributed by atoms with E-state index in [1.165, 1.54) is 4.68 Å². The molecule has 0 radical (unpaired) electrons. The van der Waals surface area contributed by atoms with Crippen molar-refractivity contribution in [3.63, 3.8) is 0 Å². The van der Waals surface area contributed by atoms with Crippen molar-refractivity contribution in [2.24, 2.45) is 7.05 Å². The topological polar surface area (TPSA) is 102 Å². The van der Waals surface area contributed by atoms with E-state index in [1.807, 2.05) is 24.0 Å². The van der Waals surface area contributed by atoms with Gasteiger partial charge in [0.1, 0.15) is 5.69 Å². The van der Waals surface area contributed by atoms with Crippen LogP contribution in [0.2, 0.25) is 0 Å². The summed E-state index contributed by atoms with van der Waals surface area (Å²) >= 11 is 0. The lowest BCUT2D eigenvalue weighted by Gasteiger charge is -2.28. The van der Waals surface area contributed by atoms with Gasteiger partial charge in [-0.2, -0.15) is 5.10 Å². The molecular formula is C24H26N6O3. The number of nitrogens with one attached hydrogen (secondary N) is 1. The first kappa shape index (κ1) is 21.3. The van der Waals surface area contributed by atoms with Crippen LogP contribution in [0.1, 0.15) is 40.5 Å². The van der Waals surface area contributed by atoms with E-state index in [2.05, 4.69) is 20.4 Å². The molecule has 0 atom stereocenters. The number of amides is 1. The monoisotopic (exact) mass is 446 g/mol. The number of pyridine rings is 2. The van der Waals surface area contributed by atoms with Crippen LogP contribution in [0, 0.1) is 6.92 Å². The minimum atomic E-state index is -0.210. The molecule has 0 aromatic carbocycles. The van der Waals surface area contributed by atoms with Gasteiger partial charge in [-0.1, -0.05) is 0 Å². The zero-order valence-electron chi connectivity index (χ0n) is 18.7. The summed E-state index contributed by atoms with van der Waals surface area (Å²) in [4.78, 5) is 36.4. The molecule has 1 aliphatic heterocycles. The normalized spacial score (nSPS) is 16.0. The summed E-state index contributed by atoms with van der Waals surface area (Å²) in [7, 11) is 1.64. The molecule has 4 heterocycles. The lowest BCUT2D eigenvalue weighted by atomic mass is 10.1. The predicted octanol–water partition coefficient (Wildman–Crippen LogP) is 2.51. The van der Waals surface area contributed by atoms with Crippen LogP contribution in [0.5, 0.6) is 0 Å². The fourth-order valence-corrected chi connectivity index (χ4v) is 4.01. The van der Waals surface area contributed by atoms with Crippen LogP contribution in [0.4, 0.5) is 11.4 Å². The Bertz CT molecular complexity index is 1260. The van der Waals surface area contributed by atoms with E-state index in [0.717, 1.165) is 29.8 Å². The number of anilines is 2. The average molecular weight is 447 g/mol. The summed E-state index contributed by atoms with van der Waals surface area (Å²) in [5, 5.41) is 7.39. The van der Waals surface area contributed by atoms with Gasteiger partial charge in [0.2, 0.25) is 0 Å². The van der Waals surface area contributed by atoms with Crippen LogP contribution < -0.4 is 15.8 Å². The molecule has 1 N–H and O–H groups in total. The lowest BCUT2D eigenvalue weighted by molar-refractivity contribution is 0.102. The van der Waals surface area contributed by atoms with Gasteiger partial charge in [-0.25, -0.2) is 4.68 Å². The van der Waals surface area contributed by atoms with Gasteiger partial charge in [-0.05, 0) is 44.0 Å². The Morgan fingerprint density at radius 2 is 1.94 bits per heavy atom. The van der Waals surface area contributed by atoms with Crippen molar-refractivity contribution in [2.45, 2.75) is 25.7 Å². The highest BCUT2D eigenvalue weighted by Crippen LogP contribution is 2.39. The van der Waals surface area contributed by atoms with Crippen LogP contribution in [-0.2, 0) is 11.8 Å². The largest absolute Gasteiger partial charge is 0.378 e. The van der Waals surface area contributed by atoms with Crippen LogP contribution >= 0.6 is 0 Å². The minimum absolute atomic E-state index is 0.153. The third kappa shape index (κ3) is 4.49. The molecule has 0 unspecified atom stereocenters. The molecule has 0 bridgehead atoms. The van der Waals surface area contributed by atoms with Gasteiger partial charge in [0.05, 0.1) is 30.8 Å². The molecule has 5 rings (SSSR count). The molecule has 1 saturated heterocycles. The standard InChI is InChI=1S/C24H26N6O3/c1-15-19(21-13-22(24(32)29(2)28-21)30-7-9-33-10-8-30)12-18(14-26-15)27-23(31)17-5-6-25-20(11-17)16-3-4-16/h5-6,11-14,16H,3-4,7-10H2,1-2H3,(H,27,31). The molecule has 9 nitrogen and oxygen atoms in total. The summed E-state index contributed by atoms with van der Waals surface area (Å²) in [6.07, 6.45) is 5.57. The van der Waals surface area contributed by atoms with Crippen molar-refractivity contribution in [2.75, 3.05) is 36.5 Å². The van der Waals surface area contributed by atoms with Crippen molar-refractivity contribution in [3.8, 4) is 11.3 Å². The second-order valence-electron chi connectivity index (χ2n) is 8.50. The number of aromatic nitrogens is 4. The van der Waals surface area contributed by atoms with Crippen molar-refractivity contribution in [3.05, 3.63) is 64.0 Å². The van der Waals surface area contributed by atoms with Gasteiger partial charge >= 0.3 is 0 Å². The van der Waals surface area contributed by atoms with E-state index in [9.17, 15) is 9.59 Å². The number of carbonyl (C=O) groups is 1. The van der Waals surface area contributed by atoms with Crippen molar-refractivity contribution in [1.82, 2.24) is 19.7 Å². The third-order valence-corrected chi connectivity index (χ3v) is 6.06. The van der Waals surface area contributed by atoms with Crippen LogP contribution in [0.25, 0.3) is 11.3 Å². The first-order valence-electron chi connectivity index (χ1n) is 11.1. The Balaban J connectivity index is 1.44. The quantitative estimate of drug-likeness (QED) is 0.642. The van der Waals surface area contributed by atoms with Gasteiger partial charge in [-0.15, -0.1) is 0 Å². The highest BCUT2D eigenvalue weighted by atomic mass is 16.5. The van der Waals surface area contributed by atoms with Gasteiger partial charge in [-0.3, -0.25) is 19.6 Å². The van der Waals surface area contributed by atoms with Gasteiger partial charge < -0.3 is 15.0 Å². The zero-order chi connectivity index (χ0) is 22.9. The number of morpholine rings is 1. The minimum Gasteiger partial charge on any atom is -0.378 e. The maximum Gasteiger partial charge on any atom is 0.290 e. The van der Waals surface area contributed by atoms with Crippen LogP contribution in [-0.4, -0.2) is 52.0 Å². The van der Waals surface area contributed by atoms with E-state index in [0.29, 0.717) is 54.9 Å². The number of nitrogens with zero attached hydrogens (tertiary/aromatic N) is 5. The Morgan fingerprint density at radius 1 is 1.15 bits per heavy atom. The van der Waals surface area contributed by atoms with Crippen molar-refractivity contribution < 1.29 is 9.53 Å². The Morgan fingerprint density at radius 3 is 2.70 bits per heavy atom. The smallest absolute Gasteiger partial charge is 0.290 e. The summed E-state index contributed by atoms with van der Waals surface area (Å²) in [6, 6.07) is 7.22. The molecule has 1 aliphatic carbocycles. The molecule has 9 heteroatoms. The van der Waals surface area contributed by atoms with E-state index in [4.69, 9.17) is 4.74 Å². The number of hydrogen-bond acceptors (Lipinski definition) is 7. The molecule has 1 saturated carbocycles. The fraction of sp³-hybridized carbons (Fsp3) is 0.375. The Hall–Kier alpha value is -3.59. The third-order valence-electron chi connectivity index (χ3n) is 6.06. The SMILES string of the molecule is Cc1ncc(NC(=O)c2ccnc(C3CC3)c2)cc1-c1cc(N2CCOCC2)c(=O)n(C)n1.